The van der Waals surface area contributed by atoms with Gasteiger partial charge in [-0.1, -0.05) is 48.5 Å². The maximum atomic E-state index is 11.3. The number of nitrogens with zero attached hydrogens (tertiary/aromatic N) is 5. The molecule has 33 heavy (non-hydrogen) atoms. The van der Waals surface area contributed by atoms with E-state index >= 15 is 0 Å². The molecule has 162 valence electrons. The van der Waals surface area contributed by atoms with Gasteiger partial charge in [-0.3, -0.25) is 4.98 Å². The Hall–Kier alpha value is -4.66. The molecule has 9 nitrogen and oxygen atoms in total. The van der Waals surface area contributed by atoms with Gasteiger partial charge in [-0.15, -0.1) is 10.2 Å². The zero-order valence-electron chi connectivity index (χ0n) is 17.6. The highest BCUT2D eigenvalue weighted by molar-refractivity contribution is 5.93. The molecule has 0 aliphatic heterocycles. The van der Waals surface area contributed by atoms with Crippen molar-refractivity contribution in [2.75, 3.05) is 5.32 Å². The number of benzene rings is 2. The molecule has 0 spiro atoms. The van der Waals surface area contributed by atoms with E-state index in [1.807, 2.05) is 61.5 Å². The number of aromatic amines is 1. The molecule has 0 radical (unpaired) electrons. The molecule has 0 fully saturated rings. The second-order valence-corrected chi connectivity index (χ2v) is 7.51. The fraction of sp³-hybridized carbons (Fsp3) is 0.0833. The number of nitrogens with one attached hydrogen (secondary N) is 2. The van der Waals surface area contributed by atoms with Gasteiger partial charge in [0.15, 0.2) is 0 Å². The molecule has 5 aromatic rings. The van der Waals surface area contributed by atoms with Gasteiger partial charge in [-0.2, -0.15) is 5.21 Å². The van der Waals surface area contributed by atoms with Crippen LogP contribution in [0.25, 0.3) is 33.5 Å². The number of tetrazole rings is 1. The Morgan fingerprint density at radius 2 is 1.79 bits per heavy atom. The molecule has 3 heterocycles. The van der Waals surface area contributed by atoms with Gasteiger partial charge in [0.1, 0.15) is 11.2 Å². The fourth-order valence-electron chi connectivity index (χ4n) is 3.70. The van der Waals surface area contributed by atoms with Crippen molar-refractivity contribution in [2.24, 2.45) is 0 Å². The first-order chi connectivity index (χ1) is 16.1. The second-order valence-electron chi connectivity index (χ2n) is 7.51. The number of pyridine rings is 2. The van der Waals surface area contributed by atoms with Crippen LogP contribution in [-0.2, 0) is 6.54 Å². The first-order valence-corrected chi connectivity index (χ1v) is 10.3. The van der Waals surface area contributed by atoms with E-state index in [4.69, 9.17) is 0 Å². The summed E-state index contributed by atoms with van der Waals surface area (Å²) in [6, 6.07) is 21.1. The summed E-state index contributed by atoms with van der Waals surface area (Å²) >= 11 is 0. The maximum absolute atomic E-state index is 11.3. The van der Waals surface area contributed by atoms with Crippen LogP contribution in [0.2, 0.25) is 0 Å². The van der Waals surface area contributed by atoms with Crippen molar-refractivity contribution in [2.45, 2.75) is 13.5 Å². The Bertz CT molecular complexity index is 1450. The molecule has 0 aliphatic rings. The Morgan fingerprint density at radius 1 is 1.00 bits per heavy atom. The number of carboxylic acids is 1. The van der Waals surface area contributed by atoms with E-state index in [2.05, 4.69) is 35.9 Å². The van der Waals surface area contributed by atoms with Gasteiger partial charge >= 0.3 is 5.97 Å². The highest BCUT2D eigenvalue weighted by atomic mass is 16.4. The summed E-state index contributed by atoms with van der Waals surface area (Å²) in [5.41, 5.74) is 6.75. The summed E-state index contributed by atoms with van der Waals surface area (Å²) in [4.78, 5) is 20.1. The van der Waals surface area contributed by atoms with Crippen LogP contribution >= 0.6 is 0 Å². The molecule has 0 bridgehead atoms. The van der Waals surface area contributed by atoms with E-state index in [-0.39, 0.29) is 5.69 Å². The van der Waals surface area contributed by atoms with E-state index in [1.54, 1.807) is 6.07 Å². The van der Waals surface area contributed by atoms with Gasteiger partial charge < -0.3 is 10.4 Å². The highest BCUT2D eigenvalue weighted by Gasteiger charge is 2.12. The molecular weight excluding hydrogens is 418 g/mol. The smallest absolute Gasteiger partial charge is 0.354 e. The van der Waals surface area contributed by atoms with E-state index < -0.39 is 5.97 Å². The topological polar surface area (TPSA) is 130 Å². The number of anilines is 1. The summed E-state index contributed by atoms with van der Waals surface area (Å²) in [5, 5.41) is 27.0. The monoisotopic (exact) mass is 437 g/mol. The number of carbonyl (C=O) groups is 1. The lowest BCUT2D eigenvalue weighted by Crippen LogP contribution is -2.05. The fourth-order valence-corrected chi connectivity index (χ4v) is 3.70. The molecule has 5 rings (SSSR count). The zero-order valence-corrected chi connectivity index (χ0v) is 17.6. The summed E-state index contributed by atoms with van der Waals surface area (Å²) in [6.07, 6.45) is 0. The number of hydrogen-bond acceptors (Lipinski definition) is 7. The van der Waals surface area contributed by atoms with Crippen molar-refractivity contribution in [3.8, 4) is 22.5 Å². The minimum atomic E-state index is -1.07. The lowest BCUT2D eigenvalue weighted by molar-refractivity contribution is 0.0691. The van der Waals surface area contributed by atoms with Crippen molar-refractivity contribution >= 4 is 22.7 Å². The largest absolute Gasteiger partial charge is 0.477 e. The average molecular weight is 437 g/mol. The lowest BCUT2D eigenvalue weighted by atomic mass is 9.98. The molecule has 3 N–H and O–H groups in total. The Balaban J connectivity index is 1.40. The van der Waals surface area contributed by atoms with Gasteiger partial charge in [-0.05, 0) is 47.0 Å². The number of aromatic carboxylic acids is 1. The van der Waals surface area contributed by atoms with E-state index in [0.717, 1.165) is 33.6 Å². The minimum absolute atomic E-state index is 0.0131. The van der Waals surface area contributed by atoms with Crippen LogP contribution in [0, 0.1) is 6.92 Å². The summed E-state index contributed by atoms with van der Waals surface area (Å²) < 4.78 is 0. The number of hydrogen-bond donors (Lipinski definition) is 3. The van der Waals surface area contributed by atoms with Gasteiger partial charge in [0.25, 0.3) is 0 Å². The number of aromatic nitrogens is 6. The van der Waals surface area contributed by atoms with Crippen LogP contribution in [-0.4, -0.2) is 41.7 Å². The molecule has 0 amide bonds. The van der Waals surface area contributed by atoms with Crippen LogP contribution in [0.3, 0.4) is 0 Å². The summed E-state index contributed by atoms with van der Waals surface area (Å²) in [7, 11) is 0. The Morgan fingerprint density at radius 3 is 2.52 bits per heavy atom. The first kappa shape index (κ1) is 20.3. The van der Waals surface area contributed by atoms with E-state index in [0.29, 0.717) is 23.4 Å². The van der Waals surface area contributed by atoms with Crippen molar-refractivity contribution in [1.82, 2.24) is 30.6 Å². The minimum Gasteiger partial charge on any atom is -0.477 e. The van der Waals surface area contributed by atoms with Crippen molar-refractivity contribution in [3.05, 3.63) is 83.7 Å². The van der Waals surface area contributed by atoms with Crippen LogP contribution in [0.15, 0.2) is 66.7 Å². The third-order valence-electron chi connectivity index (χ3n) is 5.26. The van der Waals surface area contributed by atoms with Crippen molar-refractivity contribution in [1.29, 1.82) is 0 Å². The third-order valence-corrected chi connectivity index (χ3v) is 5.26. The van der Waals surface area contributed by atoms with Gasteiger partial charge in [0.2, 0.25) is 5.82 Å². The van der Waals surface area contributed by atoms with Crippen LogP contribution in [0.5, 0.6) is 0 Å². The second kappa shape index (κ2) is 8.46. The number of rotatable bonds is 6. The Kier molecular flexibility index (Phi) is 5.19. The van der Waals surface area contributed by atoms with Crippen LogP contribution in [0.1, 0.15) is 21.7 Å². The molecule has 9 heteroatoms. The van der Waals surface area contributed by atoms with Crippen molar-refractivity contribution < 1.29 is 9.90 Å². The molecule has 0 saturated carbocycles. The standard InChI is InChI=1S/C24H19N7O2/c1-14-12-21(22-19(26-14)10-11-20(27-22)24(32)33)25-13-15-6-8-16(9-7-15)17-4-2-3-5-18(17)23-28-30-31-29-23/h2-12H,13H2,1H3,(H,25,26)(H,32,33)(H,28,29,30,31). The van der Waals surface area contributed by atoms with Gasteiger partial charge in [-0.25, -0.2) is 9.78 Å². The molecule has 0 atom stereocenters. The molecule has 0 unspecified atom stereocenters. The van der Waals surface area contributed by atoms with Crippen LogP contribution < -0.4 is 5.32 Å². The van der Waals surface area contributed by atoms with Gasteiger partial charge in [0, 0.05) is 17.8 Å². The quantitative estimate of drug-likeness (QED) is 0.362. The highest BCUT2D eigenvalue weighted by Crippen LogP contribution is 2.30. The van der Waals surface area contributed by atoms with Crippen molar-refractivity contribution in [3.63, 3.8) is 0 Å². The molecular formula is C24H19N7O2. The average Bonchev–Trinajstić information content (AvgIpc) is 3.37. The predicted octanol–water partition coefficient (Wildman–Crippen LogP) is 4.10. The lowest BCUT2D eigenvalue weighted by Gasteiger charge is -2.12. The molecule has 2 aromatic carbocycles. The Labute approximate surface area is 188 Å². The summed E-state index contributed by atoms with van der Waals surface area (Å²) in [6.45, 7) is 2.44. The number of H-pyrrole nitrogens is 1. The third kappa shape index (κ3) is 4.11. The number of fused-ring (bicyclic) bond motifs is 1. The maximum Gasteiger partial charge on any atom is 0.354 e. The first-order valence-electron chi connectivity index (χ1n) is 10.3. The number of carboxylic acid groups (broad SMARTS) is 1. The predicted molar refractivity (Wildman–Crippen MR) is 124 cm³/mol. The molecule has 0 saturated heterocycles. The number of aryl methyl sites for hydroxylation is 1. The van der Waals surface area contributed by atoms with Crippen LogP contribution in [0.4, 0.5) is 5.69 Å². The molecule has 0 aliphatic carbocycles. The normalized spacial score (nSPS) is 10.9. The van der Waals surface area contributed by atoms with Gasteiger partial charge in [0.05, 0.1) is 11.2 Å². The summed E-state index contributed by atoms with van der Waals surface area (Å²) in [5.74, 6) is -0.523. The van der Waals surface area contributed by atoms with E-state index in [1.165, 1.54) is 6.07 Å². The van der Waals surface area contributed by atoms with E-state index in [9.17, 15) is 9.90 Å². The zero-order chi connectivity index (χ0) is 22.8. The SMILES string of the molecule is Cc1cc(NCc2ccc(-c3ccccc3-c3nn[nH]n3)cc2)c2nc(C(=O)O)ccc2n1. The molecule has 3 aromatic heterocycles.